The van der Waals surface area contributed by atoms with Gasteiger partial charge in [-0.15, -0.1) is 0 Å². The summed E-state index contributed by atoms with van der Waals surface area (Å²) >= 11 is 0. The average molecular weight is 899 g/mol. The van der Waals surface area contributed by atoms with E-state index >= 15 is 0 Å². The van der Waals surface area contributed by atoms with E-state index in [2.05, 4.69) is 10.6 Å². The van der Waals surface area contributed by atoms with Crippen molar-refractivity contribution >= 4 is 24.1 Å². The van der Waals surface area contributed by atoms with Crippen LogP contribution in [-0.2, 0) is 74.4 Å². The van der Waals surface area contributed by atoms with Gasteiger partial charge in [-0.2, -0.15) is 0 Å². The number of hydrogen-bond acceptors (Lipinski definition) is 10. The Kier molecular flexibility index (Phi) is 17.1. The molecule has 0 spiro atoms. The number of amides is 2. The van der Waals surface area contributed by atoms with Gasteiger partial charge in [-0.3, -0.25) is 0 Å². The zero-order valence-corrected chi connectivity index (χ0v) is 36.7. The summed E-state index contributed by atoms with van der Waals surface area (Å²) < 4.78 is 34.9. The van der Waals surface area contributed by atoms with Crippen LogP contribution >= 0.6 is 0 Å². The molecular weight excluding hydrogens is 849 g/mol. The zero-order valence-electron chi connectivity index (χ0n) is 36.7. The second-order valence-corrected chi connectivity index (χ2v) is 15.4. The summed E-state index contributed by atoms with van der Waals surface area (Å²) in [6.07, 6.45) is -1.42. The summed E-state index contributed by atoms with van der Waals surface area (Å²) in [5.41, 5.74) is 5.45. The molecule has 0 saturated carbocycles. The highest BCUT2D eigenvalue weighted by Gasteiger charge is 2.26. The van der Waals surface area contributed by atoms with Crippen molar-refractivity contribution in [2.24, 2.45) is 0 Å². The van der Waals surface area contributed by atoms with Crippen molar-refractivity contribution in [3.8, 4) is 17.2 Å². The largest absolute Gasteiger partial charge is 0.485 e. The molecule has 0 unspecified atom stereocenters. The molecule has 67 heavy (non-hydrogen) atoms. The molecule has 7 rings (SSSR count). The maximum atomic E-state index is 13.6. The third-order valence-corrected chi connectivity index (χ3v) is 10.3. The second kappa shape index (κ2) is 24.6. The molecule has 2 amide bonds. The third-order valence-electron chi connectivity index (χ3n) is 10.3. The normalized spacial score (nSPS) is 11.5. The van der Waals surface area contributed by atoms with Crippen molar-refractivity contribution < 1.29 is 47.6 Å². The Bertz CT molecular complexity index is 2630. The summed E-state index contributed by atoms with van der Waals surface area (Å²) in [5, 5.41) is 5.38. The standard InChI is InChI=1S/C55H50N2O10/c58-52(63-36-42-18-8-2-9-19-42)48(56-54(60)65-38-44-22-12-4-13-23-44)32-40-26-29-47(30-27-40)67-51-34-46(28-31-50(51)62-35-41-16-6-1-7-17-41)33-49(53(59)64-37-43-20-10-3-11-21-43)57-55(61)66-39-45-24-14-5-15-25-45/h1-31,34,48-49H,32-33,35-39H2,(H,56,60)(H,57,61)/t48-,49-/m0/s1. The van der Waals surface area contributed by atoms with E-state index in [9.17, 15) is 19.2 Å². The minimum absolute atomic E-state index is 0.0115. The summed E-state index contributed by atoms with van der Waals surface area (Å²) in [5.74, 6) is -0.0717. The third kappa shape index (κ3) is 15.4. The topological polar surface area (TPSA) is 148 Å². The van der Waals surface area contributed by atoms with E-state index in [0.717, 1.165) is 27.8 Å². The van der Waals surface area contributed by atoms with E-state index in [1.54, 1.807) is 42.5 Å². The number of rotatable bonds is 21. The summed E-state index contributed by atoms with van der Waals surface area (Å²) in [4.78, 5) is 53.1. The number of nitrogens with one attached hydrogen (secondary N) is 2. The quantitative estimate of drug-likeness (QED) is 0.0528. The monoisotopic (exact) mass is 898 g/mol. The molecular formula is C55H50N2O10. The van der Waals surface area contributed by atoms with Crippen molar-refractivity contribution in [3.05, 3.63) is 233 Å². The molecule has 7 aromatic carbocycles. The van der Waals surface area contributed by atoms with Crippen LogP contribution in [0.4, 0.5) is 9.59 Å². The number of esters is 2. The number of benzene rings is 7. The van der Waals surface area contributed by atoms with Gasteiger partial charge in [-0.05, 0) is 63.2 Å². The van der Waals surface area contributed by atoms with Gasteiger partial charge in [0.05, 0.1) is 0 Å². The highest BCUT2D eigenvalue weighted by atomic mass is 16.6. The van der Waals surface area contributed by atoms with E-state index < -0.39 is 36.2 Å². The average Bonchev–Trinajstić information content (AvgIpc) is 3.37. The lowest BCUT2D eigenvalue weighted by atomic mass is 10.0. The van der Waals surface area contributed by atoms with Crippen LogP contribution in [0.15, 0.2) is 194 Å². The van der Waals surface area contributed by atoms with Crippen LogP contribution in [0.25, 0.3) is 0 Å². The first kappa shape index (κ1) is 46.6. The fourth-order valence-corrected chi connectivity index (χ4v) is 6.76. The Hall–Kier alpha value is -8.38. The molecule has 0 saturated heterocycles. The number of hydrogen-bond donors (Lipinski definition) is 2. The molecule has 0 radical (unpaired) electrons. The van der Waals surface area contributed by atoms with Crippen molar-refractivity contribution in [2.75, 3.05) is 0 Å². The van der Waals surface area contributed by atoms with E-state index in [1.807, 2.05) is 152 Å². The minimum Gasteiger partial charge on any atom is -0.485 e. The van der Waals surface area contributed by atoms with Crippen LogP contribution in [0.2, 0.25) is 0 Å². The molecule has 7 aromatic rings. The molecule has 2 atom stereocenters. The van der Waals surface area contributed by atoms with Gasteiger partial charge < -0.3 is 39.1 Å². The van der Waals surface area contributed by atoms with Crippen molar-refractivity contribution in [1.29, 1.82) is 0 Å². The lowest BCUT2D eigenvalue weighted by molar-refractivity contribution is -0.148. The van der Waals surface area contributed by atoms with Crippen LogP contribution in [0, 0.1) is 0 Å². The molecule has 12 heteroatoms. The highest BCUT2D eigenvalue weighted by molar-refractivity contribution is 5.82. The van der Waals surface area contributed by atoms with Gasteiger partial charge in [0.25, 0.3) is 0 Å². The predicted octanol–water partition coefficient (Wildman–Crippen LogP) is 10.2. The van der Waals surface area contributed by atoms with Crippen LogP contribution in [0.3, 0.4) is 0 Å². The fraction of sp³-hybridized carbons (Fsp3) is 0.164. The fourth-order valence-electron chi connectivity index (χ4n) is 6.76. The van der Waals surface area contributed by atoms with Crippen molar-refractivity contribution in [1.82, 2.24) is 10.6 Å². The summed E-state index contributed by atoms with van der Waals surface area (Å²) in [6, 6.07) is 56.7. The summed E-state index contributed by atoms with van der Waals surface area (Å²) in [7, 11) is 0. The first-order valence-electron chi connectivity index (χ1n) is 21.7. The Morgan fingerprint density at radius 1 is 0.358 bits per heavy atom. The van der Waals surface area contributed by atoms with Crippen LogP contribution < -0.4 is 20.1 Å². The molecule has 340 valence electrons. The lowest BCUT2D eigenvalue weighted by Gasteiger charge is -2.20. The SMILES string of the molecule is O=C(N[C@@H](Cc1ccc(Oc2cc(C[C@H](NC(=O)OCc3ccccc3)C(=O)OCc3ccccc3)ccc2OCc2ccccc2)cc1)C(=O)OCc1ccccc1)OCc1ccccc1. The number of alkyl carbamates (subject to hydrolysis) is 2. The molecule has 12 nitrogen and oxygen atoms in total. The maximum absolute atomic E-state index is 13.6. The Morgan fingerprint density at radius 3 is 1.13 bits per heavy atom. The molecule has 2 N–H and O–H groups in total. The molecule has 0 bridgehead atoms. The first-order chi connectivity index (χ1) is 32.8. The van der Waals surface area contributed by atoms with Gasteiger partial charge >= 0.3 is 24.1 Å². The summed E-state index contributed by atoms with van der Waals surface area (Å²) in [6.45, 7) is 0.333. The molecule has 0 aliphatic rings. The maximum Gasteiger partial charge on any atom is 0.408 e. The Morgan fingerprint density at radius 2 is 0.716 bits per heavy atom. The minimum atomic E-state index is -1.12. The number of carbonyl (C=O) groups excluding carboxylic acids is 4. The molecule has 0 aliphatic carbocycles. The van der Waals surface area contributed by atoms with E-state index in [1.165, 1.54) is 0 Å². The van der Waals surface area contributed by atoms with Gasteiger partial charge in [0.2, 0.25) is 0 Å². The van der Waals surface area contributed by atoms with Gasteiger partial charge in [-0.25, -0.2) is 19.2 Å². The molecule has 0 aliphatic heterocycles. The van der Waals surface area contributed by atoms with Crippen molar-refractivity contribution in [2.45, 2.75) is 58.0 Å². The predicted molar refractivity (Wildman–Crippen MR) is 251 cm³/mol. The second-order valence-electron chi connectivity index (χ2n) is 15.4. The molecule has 0 aromatic heterocycles. The lowest BCUT2D eigenvalue weighted by Crippen LogP contribution is -2.43. The number of ether oxygens (including phenoxy) is 6. The smallest absolute Gasteiger partial charge is 0.408 e. The highest BCUT2D eigenvalue weighted by Crippen LogP contribution is 2.34. The number of carbonyl (C=O) groups is 4. The van der Waals surface area contributed by atoms with Gasteiger partial charge in [0, 0.05) is 12.8 Å². The van der Waals surface area contributed by atoms with Gasteiger partial charge in [0.15, 0.2) is 11.5 Å². The van der Waals surface area contributed by atoms with Crippen LogP contribution in [0.1, 0.15) is 38.9 Å². The Labute approximate surface area is 389 Å². The molecule has 0 heterocycles. The van der Waals surface area contributed by atoms with Gasteiger partial charge in [-0.1, -0.05) is 170 Å². The van der Waals surface area contributed by atoms with Crippen LogP contribution in [0.5, 0.6) is 17.2 Å². The molecule has 0 fully saturated rings. The Balaban J connectivity index is 1.07. The van der Waals surface area contributed by atoms with Gasteiger partial charge in [0.1, 0.15) is 50.9 Å². The van der Waals surface area contributed by atoms with E-state index in [4.69, 9.17) is 28.4 Å². The van der Waals surface area contributed by atoms with E-state index in [-0.39, 0.29) is 45.9 Å². The van der Waals surface area contributed by atoms with Crippen molar-refractivity contribution in [3.63, 3.8) is 0 Å². The zero-order chi connectivity index (χ0) is 46.5. The first-order valence-corrected chi connectivity index (χ1v) is 21.7. The van der Waals surface area contributed by atoms with Crippen LogP contribution in [-0.4, -0.2) is 36.2 Å². The van der Waals surface area contributed by atoms with E-state index in [0.29, 0.717) is 28.4 Å².